The van der Waals surface area contributed by atoms with Crippen LogP contribution < -0.4 is 15.1 Å². The summed E-state index contributed by atoms with van der Waals surface area (Å²) in [5.41, 5.74) is 2.37. The van der Waals surface area contributed by atoms with Crippen LogP contribution in [0.1, 0.15) is 39.5 Å². The Morgan fingerprint density at radius 3 is 2.32 bits per heavy atom. The SMILES string of the molecule is CCCN(CCC)c1cc(Nc2ccc(N3CCCC3)cc2)ncn1. The van der Waals surface area contributed by atoms with E-state index in [0.717, 1.165) is 43.3 Å². The smallest absolute Gasteiger partial charge is 0.135 e. The van der Waals surface area contributed by atoms with Crippen molar-refractivity contribution in [2.75, 3.05) is 41.3 Å². The summed E-state index contributed by atoms with van der Waals surface area (Å²) >= 11 is 0. The second-order valence-corrected chi connectivity index (χ2v) is 6.61. The van der Waals surface area contributed by atoms with E-state index in [-0.39, 0.29) is 0 Å². The lowest BCUT2D eigenvalue weighted by molar-refractivity contribution is 0.733. The van der Waals surface area contributed by atoms with Gasteiger partial charge < -0.3 is 15.1 Å². The lowest BCUT2D eigenvalue weighted by Gasteiger charge is -2.22. The molecule has 1 aliphatic heterocycles. The molecule has 1 aliphatic rings. The van der Waals surface area contributed by atoms with Gasteiger partial charge in [0.05, 0.1) is 0 Å². The summed E-state index contributed by atoms with van der Waals surface area (Å²) < 4.78 is 0. The van der Waals surface area contributed by atoms with Gasteiger partial charge in [-0.1, -0.05) is 13.8 Å². The van der Waals surface area contributed by atoms with Crippen molar-refractivity contribution >= 4 is 23.0 Å². The fourth-order valence-electron chi connectivity index (χ4n) is 3.35. The minimum atomic E-state index is 0.844. The first-order valence-corrected chi connectivity index (χ1v) is 9.49. The Morgan fingerprint density at radius 1 is 1.00 bits per heavy atom. The second-order valence-electron chi connectivity index (χ2n) is 6.61. The Balaban J connectivity index is 1.68. The van der Waals surface area contributed by atoms with Gasteiger partial charge in [-0.2, -0.15) is 0 Å². The molecule has 0 unspecified atom stereocenters. The normalized spacial score (nSPS) is 13.9. The molecule has 1 saturated heterocycles. The molecule has 0 aliphatic carbocycles. The Labute approximate surface area is 151 Å². The first-order valence-electron chi connectivity index (χ1n) is 9.49. The first-order chi connectivity index (χ1) is 12.3. The van der Waals surface area contributed by atoms with Crippen LogP contribution in [0.2, 0.25) is 0 Å². The number of nitrogens with zero attached hydrogens (tertiary/aromatic N) is 4. The van der Waals surface area contributed by atoms with Crippen LogP contribution in [-0.2, 0) is 0 Å². The van der Waals surface area contributed by atoms with Crippen LogP contribution in [0.4, 0.5) is 23.0 Å². The first kappa shape index (κ1) is 17.5. The largest absolute Gasteiger partial charge is 0.372 e. The minimum absolute atomic E-state index is 0.844. The average Bonchev–Trinajstić information content (AvgIpc) is 3.17. The quantitative estimate of drug-likeness (QED) is 0.770. The molecule has 0 bridgehead atoms. The number of nitrogens with one attached hydrogen (secondary N) is 1. The molecule has 0 amide bonds. The number of hydrogen-bond donors (Lipinski definition) is 1. The summed E-state index contributed by atoms with van der Waals surface area (Å²) in [6.45, 7) is 8.79. The zero-order valence-corrected chi connectivity index (χ0v) is 15.4. The van der Waals surface area contributed by atoms with Gasteiger partial charge in [-0.3, -0.25) is 0 Å². The highest BCUT2D eigenvalue weighted by Crippen LogP contribution is 2.24. The Hall–Kier alpha value is -2.30. The van der Waals surface area contributed by atoms with Crippen molar-refractivity contribution in [1.82, 2.24) is 9.97 Å². The van der Waals surface area contributed by atoms with Crippen molar-refractivity contribution < 1.29 is 0 Å². The van der Waals surface area contributed by atoms with E-state index in [9.17, 15) is 0 Å². The number of anilines is 4. The van der Waals surface area contributed by atoms with Gasteiger partial charge >= 0.3 is 0 Å². The van der Waals surface area contributed by atoms with E-state index < -0.39 is 0 Å². The summed E-state index contributed by atoms with van der Waals surface area (Å²) in [5, 5.41) is 3.40. The molecule has 2 aromatic rings. The molecule has 1 aromatic heterocycles. The van der Waals surface area contributed by atoms with Crippen molar-refractivity contribution in [3.63, 3.8) is 0 Å². The molecule has 5 heteroatoms. The Morgan fingerprint density at radius 2 is 1.68 bits per heavy atom. The van der Waals surface area contributed by atoms with Crippen LogP contribution in [0.3, 0.4) is 0 Å². The zero-order valence-electron chi connectivity index (χ0n) is 15.4. The maximum absolute atomic E-state index is 4.45. The molecular formula is C20H29N5. The topological polar surface area (TPSA) is 44.3 Å². The molecule has 134 valence electrons. The van der Waals surface area contributed by atoms with Gasteiger partial charge in [0.25, 0.3) is 0 Å². The van der Waals surface area contributed by atoms with Crippen molar-refractivity contribution in [3.8, 4) is 0 Å². The molecule has 1 aromatic carbocycles. The third-order valence-electron chi connectivity index (χ3n) is 4.57. The maximum Gasteiger partial charge on any atom is 0.135 e. The third-order valence-corrected chi connectivity index (χ3v) is 4.57. The van der Waals surface area contributed by atoms with E-state index in [1.54, 1.807) is 6.33 Å². The predicted molar refractivity (Wildman–Crippen MR) is 106 cm³/mol. The van der Waals surface area contributed by atoms with E-state index in [2.05, 4.69) is 63.2 Å². The number of hydrogen-bond acceptors (Lipinski definition) is 5. The van der Waals surface area contributed by atoms with Crippen LogP contribution in [0, 0.1) is 0 Å². The highest BCUT2D eigenvalue weighted by Gasteiger charge is 2.12. The molecule has 1 N–H and O–H groups in total. The minimum Gasteiger partial charge on any atom is -0.372 e. The molecule has 0 saturated carbocycles. The second kappa shape index (κ2) is 8.70. The monoisotopic (exact) mass is 339 g/mol. The van der Waals surface area contributed by atoms with Crippen molar-refractivity contribution in [2.24, 2.45) is 0 Å². The highest BCUT2D eigenvalue weighted by atomic mass is 15.2. The van der Waals surface area contributed by atoms with Gasteiger partial charge in [0.2, 0.25) is 0 Å². The van der Waals surface area contributed by atoms with Gasteiger partial charge in [-0.15, -0.1) is 0 Å². The standard InChI is InChI=1S/C20H29N5/c1-3-11-25(12-4-2)20-15-19(21-16-22-20)23-17-7-9-18(10-8-17)24-13-5-6-14-24/h7-10,15-16H,3-6,11-14H2,1-2H3,(H,21,22,23). The van der Waals surface area contributed by atoms with Gasteiger partial charge in [0, 0.05) is 43.6 Å². The lowest BCUT2D eigenvalue weighted by Crippen LogP contribution is -2.25. The summed E-state index contributed by atoms with van der Waals surface area (Å²) in [4.78, 5) is 13.6. The number of rotatable bonds is 8. The predicted octanol–water partition coefficient (Wildman–Crippen LogP) is 4.45. The number of aromatic nitrogens is 2. The molecule has 2 heterocycles. The van der Waals surface area contributed by atoms with Crippen LogP contribution in [0.5, 0.6) is 0 Å². The lowest BCUT2D eigenvalue weighted by atomic mass is 10.2. The van der Waals surface area contributed by atoms with Crippen molar-refractivity contribution in [2.45, 2.75) is 39.5 Å². The summed E-state index contributed by atoms with van der Waals surface area (Å²) in [5.74, 6) is 1.84. The van der Waals surface area contributed by atoms with Crippen LogP contribution >= 0.6 is 0 Å². The summed E-state index contributed by atoms with van der Waals surface area (Å²) in [7, 11) is 0. The van der Waals surface area contributed by atoms with Gasteiger partial charge in [0.1, 0.15) is 18.0 Å². The van der Waals surface area contributed by atoms with Crippen LogP contribution in [0.15, 0.2) is 36.7 Å². The summed E-state index contributed by atoms with van der Waals surface area (Å²) in [6, 6.07) is 10.7. The van der Waals surface area contributed by atoms with Crippen molar-refractivity contribution in [3.05, 3.63) is 36.7 Å². The van der Waals surface area contributed by atoms with Crippen LogP contribution in [0.25, 0.3) is 0 Å². The third kappa shape index (κ3) is 4.62. The van der Waals surface area contributed by atoms with E-state index >= 15 is 0 Å². The Kier molecular flexibility index (Phi) is 6.09. The van der Waals surface area contributed by atoms with E-state index in [1.165, 1.54) is 31.6 Å². The highest BCUT2D eigenvalue weighted by molar-refractivity contribution is 5.62. The zero-order chi connectivity index (χ0) is 17.5. The molecule has 3 rings (SSSR count). The molecule has 25 heavy (non-hydrogen) atoms. The van der Waals surface area contributed by atoms with Gasteiger partial charge in [-0.25, -0.2) is 9.97 Å². The van der Waals surface area contributed by atoms with Crippen LogP contribution in [-0.4, -0.2) is 36.1 Å². The summed E-state index contributed by atoms with van der Waals surface area (Å²) in [6.07, 6.45) is 6.48. The average molecular weight is 339 g/mol. The van der Waals surface area contributed by atoms with Crippen molar-refractivity contribution in [1.29, 1.82) is 0 Å². The number of benzene rings is 1. The van der Waals surface area contributed by atoms with E-state index in [1.807, 2.05) is 6.07 Å². The Bertz CT molecular complexity index is 643. The fraction of sp³-hybridized carbons (Fsp3) is 0.500. The van der Waals surface area contributed by atoms with Gasteiger partial charge in [0.15, 0.2) is 0 Å². The molecule has 0 radical (unpaired) electrons. The van der Waals surface area contributed by atoms with E-state index in [0.29, 0.717) is 0 Å². The fourth-order valence-corrected chi connectivity index (χ4v) is 3.35. The van der Waals surface area contributed by atoms with Gasteiger partial charge in [-0.05, 0) is 49.9 Å². The molecular weight excluding hydrogens is 310 g/mol. The molecule has 0 atom stereocenters. The molecule has 0 spiro atoms. The van der Waals surface area contributed by atoms with E-state index in [4.69, 9.17) is 0 Å². The molecule has 1 fully saturated rings. The maximum atomic E-state index is 4.45. The molecule has 5 nitrogen and oxygen atoms in total.